The summed E-state index contributed by atoms with van der Waals surface area (Å²) in [5.74, 6) is -0.234. The minimum absolute atomic E-state index is 0.0661. The van der Waals surface area contributed by atoms with Crippen molar-refractivity contribution < 1.29 is 19.1 Å². The number of hydrogen-bond acceptors (Lipinski definition) is 4. The third kappa shape index (κ3) is 3.11. The van der Waals surface area contributed by atoms with E-state index in [4.69, 9.17) is 4.74 Å². The van der Waals surface area contributed by atoms with Gasteiger partial charge in [-0.1, -0.05) is 0 Å². The van der Waals surface area contributed by atoms with E-state index in [0.717, 1.165) is 11.3 Å². The Kier molecular flexibility index (Phi) is 4.70. The molecular weight excluding hydrogens is 272 g/mol. The Morgan fingerprint density at radius 3 is 2.90 bits per heavy atom. The zero-order valence-corrected chi connectivity index (χ0v) is 12.1. The summed E-state index contributed by atoms with van der Waals surface area (Å²) in [6, 6.07) is 5.16. The van der Waals surface area contributed by atoms with Crippen molar-refractivity contribution in [3.8, 4) is 0 Å². The number of carbonyl (C=O) groups excluding carboxylic acids is 3. The number of aryl methyl sites for hydroxylation is 1. The van der Waals surface area contributed by atoms with Crippen LogP contribution in [-0.4, -0.2) is 38.0 Å². The van der Waals surface area contributed by atoms with Gasteiger partial charge in [0.15, 0.2) is 6.23 Å². The van der Waals surface area contributed by atoms with Gasteiger partial charge in [-0.3, -0.25) is 14.4 Å². The molecule has 0 fully saturated rings. The number of ether oxygens (including phenoxy) is 1. The highest BCUT2D eigenvalue weighted by molar-refractivity contribution is 6.02. The van der Waals surface area contributed by atoms with Crippen LogP contribution >= 0.6 is 0 Å². The average molecular weight is 290 g/mol. The lowest BCUT2D eigenvalue weighted by molar-refractivity contribution is -0.118. The minimum atomic E-state index is -0.978. The van der Waals surface area contributed by atoms with Gasteiger partial charge in [-0.05, 0) is 37.1 Å². The number of fused-ring (bicyclic) bond motifs is 1. The van der Waals surface area contributed by atoms with E-state index in [0.29, 0.717) is 31.4 Å². The van der Waals surface area contributed by atoms with Crippen molar-refractivity contribution in [3.05, 3.63) is 29.3 Å². The highest BCUT2D eigenvalue weighted by Crippen LogP contribution is 2.27. The molecule has 1 unspecified atom stereocenters. The van der Waals surface area contributed by atoms with Gasteiger partial charge in [-0.25, -0.2) is 0 Å². The molecule has 1 aromatic rings. The van der Waals surface area contributed by atoms with Crippen LogP contribution in [0.25, 0.3) is 0 Å². The lowest BCUT2D eigenvalue weighted by atomic mass is 9.97. The van der Waals surface area contributed by atoms with Crippen LogP contribution in [0.2, 0.25) is 0 Å². The molecule has 0 aliphatic carbocycles. The van der Waals surface area contributed by atoms with Crippen molar-refractivity contribution >= 4 is 23.8 Å². The van der Waals surface area contributed by atoms with Crippen molar-refractivity contribution in [1.29, 1.82) is 0 Å². The summed E-state index contributed by atoms with van der Waals surface area (Å²) in [5.41, 5.74) is 2.23. The molecule has 6 heteroatoms. The van der Waals surface area contributed by atoms with Crippen LogP contribution in [0.4, 0.5) is 5.69 Å². The van der Waals surface area contributed by atoms with Crippen molar-refractivity contribution in [3.63, 3.8) is 0 Å². The van der Waals surface area contributed by atoms with Gasteiger partial charge >= 0.3 is 0 Å². The Morgan fingerprint density at radius 1 is 1.48 bits per heavy atom. The summed E-state index contributed by atoms with van der Waals surface area (Å²) in [7, 11) is 1.72. The Bertz CT molecular complexity index is 571. The van der Waals surface area contributed by atoms with Gasteiger partial charge in [0, 0.05) is 31.3 Å². The highest BCUT2D eigenvalue weighted by Gasteiger charge is 2.24. The Labute approximate surface area is 123 Å². The number of amides is 2. The summed E-state index contributed by atoms with van der Waals surface area (Å²) < 4.78 is 5.22. The maximum atomic E-state index is 12.3. The van der Waals surface area contributed by atoms with Gasteiger partial charge < -0.3 is 15.0 Å². The number of hydrogen-bond donors (Lipinski definition) is 1. The third-order valence-corrected chi connectivity index (χ3v) is 3.50. The quantitative estimate of drug-likeness (QED) is 0.479. The fourth-order valence-corrected chi connectivity index (χ4v) is 2.39. The lowest BCUT2D eigenvalue weighted by Gasteiger charge is -2.26. The van der Waals surface area contributed by atoms with Crippen molar-refractivity contribution in [2.45, 2.75) is 26.0 Å². The molecule has 2 rings (SSSR count). The first kappa shape index (κ1) is 15.2. The molecule has 1 aliphatic rings. The predicted molar refractivity (Wildman–Crippen MR) is 77.1 cm³/mol. The minimum Gasteiger partial charge on any atom is -0.351 e. The second-order valence-corrected chi connectivity index (χ2v) is 4.78. The first-order chi connectivity index (χ1) is 10.1. The largest absolute Gasteiger partial charge is 0.351 e. The van der Waals surface area contributed by atoms with Gasteiger partial charge in [0.25, 0.3) is 0 Å². The van der Waals surface area contributed by atoms with Crippen molar-refractivity contribution in [2.75, 3.05) is 18.6 Å². The first-order valence-electron chi connectivity index (χ1n) is 6.83. The summed E-state index contributed by atoms with van der Waals surface area (Å²) in [6.45, 7) is 2.07. The van der Waals surface area contributed by atoms with Crippen LogP contribution in [0.15, 0.2) is 18.2 Å². The number of Topliss-reactive ketones (excluding diaryl/α,β-unsaturated/α-hetero) is 1. The molecule has 0 saturated carbocycles. The molecule has 21 heavy (non-hydrogen) atoms. The molecule has 0 saturated heterocycles. The van der Waals surface area contributed by atoms with Crippen LogP contribution in [0.1, 0.15) is 29.3 Å². The topological polar surface area (TPSA) is 75.7 Å². The summed E-state index contributed by atoms with van der Waals surface area (Å²) in [4.78, 5) is 36.1. The second-order valence-electron chi connectivity index (χ2n) is 4.78. The molecule has 6 nitrogen and oxygen atoms in total. The molecule has 1 heterocycles. The number of nitrogens with zero attached hydrogens (tertiary/aromatic N) is 1. The van der Waals surface area contributed by atoms with Gasteiger partial charge in [-0.15, -0.1) is 0 Å². The van der Waals surface area contributed by atoms with Crippen LogP contribution in [0.3, 0.4) is 0 Å². The average Bonchev–Trinajstić information content (AvgIpc) is 2.50. The molecule has 112 valence electrons. The maximum absolute atomic E-state index is 12.3. The normalized spacial score (nSPS) is 15.3. The zero-order valence-electron chi connectivity index (χ0n) is 12.1. The van der Waals surface area contributed by atoms with Crippen LogP contribution in [0, 0.1) is 0 Å². The highest BCUT2D eigenvalue weighted by atomic mass is 16.5. The van der Waals surface area contributed by atoms with Crippen LogP contribution in [-0.2, 0) is 20.7 Å². The van der Waals surface area contributed by atoms with Gasteiger partial charge in [0.2, 0.25) is 18.1 Å². The van der Waals surface area contributed by atoms with E-state index in [2.05, 4.69) is 5.32 Å². The van der Waals surface area contributed by atoms with E-state index in [9.17, 15) is 14.4 Å². The van der Waals surface area contributed by atoms with E-state index in [1.807, 2.05) is 0 Å². The zero-order chi connectivity index (χ0) is 15.4. The predicted octanol–water partition coefficient (Wildman–Crippen LogP) is 0.887. The number of nitrogens with one attached hydrogen (secondary N) is 1. The van der Waals surface area contributed by atoms with E-state index < -0.39 is 6.23 Å². The monoisotopic (exact) mass is 290 g/mol. The van der Waals surface area contributed by atoms with Crippen molar-refractivity contribution in [1.82, 2.24) is 5.32 Å². The lowest BCUT2D eigenvalue weighted by Crippen LogP contribution is -2.38. The number of rotatable bonds is 6. The van der Waals surface area contributed by atoms with Gasteiger partial charge in [0.1, 0.15) is 0 Å². The number of anilines is 1. The number of benzene rings is 1. The van der Waals surface area contributed by atoms with Crippen molar-refractivity contribution in [2.24, 2.45) is 0 Å². The number of carbonyl (C=O) groups is 3. The van der Waals surface area contributed by atoms with E-state index in [1.165, 1.54) is 0 Å². The fourth-order valence-electron chi connectivity index (χ4n) is 2.39. The fraction of sp³-hybridized carbons (Fsp3) is 0.400. The molecular formula is C15H18N2O4. The molecule has 0 aromatic heterocycles. The molecule has 1 aromatic carbocycles. The summed E-state index contributed by atoms with van der Waals surface area (Å²) in [5, 5.41) is 2.36. The Morgan fingerprint density at radius 2 is 2.24 bits per heavy atom. The summed E-state index contributed by atoms with van der Waals surface area (Å²) in [6.07, 6.45) is 0.514. The maximum Gasteiger partial charge on any atom is 0.227 e. The third-order valence-electron chi connectivity index (χ3n) is 3.50. The molecule has 1 atom stereocenters. The molecule has 0 radical (unpaired) electrons. The van der Waals surface area contributed by atoms with Gasteiger partial charge in [0.05, 0.1) is 0 Å². The van der Waals surface area contributed by atoms with E-state index in [-0.39, 0.29) is 11.7 Å². The second kappa shape index (κ2) is 6.49. The first-order valence-corrected chi connectivity index (χ1v) is 6.83. The summed E-state index contributed by atoms with van der Waals surface area (Å²) >= 11 is 0. The van der Waals surface area contributed by atoms with Crippen LogP contribution < -0.4 is 10.2 Å². The Hall–Kier alpha value is -2.21. The van der Waals surface area contributed by atoms with Crippen LogP contribution in [0.5, 0.6) is 0 Å². The van der Waals surface area contributed by atoms with E-state index >= 15 is 0 Å². The molecule has 1 aliphatic heterocycles. The number of ketones is 1. The smallest absolute Gasteiger partial charge is 0.227 e. The Balaban J connectivity index is 2.27. The van der Waals surface area contributed by atoms with Gasteiger partial charge in [-0.2, -0.15) is 0 Å². The molecule has 1 N–H and O–H groups in total. The standard InChI is InChI=1S/C15H18N2O4/c1-3-21-15(16-9-18)14(20)11-4-6-12-10(8-11)5-7-13(19)17(12)2/h4,6,8-9,15H,3,5,7H2,1-2H3,(H,16,18). The molecule has 2 amide bonds. The SMILES string of the molecule is CCOC(NC=O)C(=O)c1ccc2c(c1)CCC(=O)N2C. The van der Waals surface area contributed by atoms with E-state index in [1.54, 1.807) is 37.1 Å². The molecule has 0 bridgehead atoms. The molecule has 0 spiro atoms.